The SMILES string of the molecule is O=C(NCCCOC(F)F)NC1CCC(C(=O)O)CC1. The molecule has 0 heterocycles. The molecule has 116 valence electrons. The number of hydrogen-bond donors (Lipinski definition) is 3. The molecule has 0 aliphatic heterocycles. The van der Waals surface area contributed by atoms with E-state index in [1.54, 1.807) is 0 Å². The van der Waals surface area contributed by atoms with Gasteiger partial charge in [-0.05, 0) is 32.1 Å². The number of hydrogen-bond acceptors (Lipinski definition) is 3. The van der Waals surface area contributed by atoms with E-state index in [4.69, 9.17) is 5.11 Å². The number of ether oxygens (including phenoxy) is 1. The predicted molar refractivity (Wildman–Crippen MR) is 66.5 cm³/mol. The molecule has 3 N–H and O–H groups in total. The van der Waals surface area contributed by atoms with Gasteiger partial charge in [0.2, 0.25) is 0 Å². The van der Waals surface area contributed by atoms with E-state index in [0.717, 1.165) is 0 Å². The van der Waals surface area contributed by atoms with E-state index >= 15 is 0 Å². The predicted octanol–water partition coefficient (Wildman–Crippen LogP) is 1.56. The maximum atomic E-state index is 11.7. The van der Waals surface area contributed by atoms with Crippen LogP contribution in [-0.4, -0.2) is 42.9 Å². The lowest BCUT2D eigenvalue weighted by Gasteiger charge is -2.26. The molecule has 1 aliphatic carbocycles. The summed E-state index contributed by atoms with van der Waals surface area (Å²) in [5.74, 6) is -1.10. The normalized spacial score (nSPS) is 22.6. The first-order valence-electron chi connectivity index (χ1n) is 6.66. The third-order valence-corrected chi connectivity index (χ3v) is 3.26. The van der Waals surface area contributed by atoms with Gasteiger partial charge in [0.05, 0.1) is 12.5 Å². The second-order valence-electron chi connectivity index (χ2n) is 4.77. The molecule has 0 aromatic rings. The van der Waals surface area contributed by atoms with Crippen LogP contribution < -0.4 is 10.6 Å². The van der Waals surface area contributed by atoms with Gasteiger partial charge < -0.3 is 20.5 Å². The molecule has 0 saturated heterocycles. The number of carboxylic acid groups (broad SMARTS) is 1. The molecule has 1 saturated carbocycles. The number of rotatable bonds is 7. The number of carbonyl (C=O) groups is 2. The van der Waals surface area contributed by atoms with Gasteiger partial charge in [-0.3, -0.25) is 4.79 Å². The second kappa shape index (κ2) is 8.68. The molecule has 8 heteroatoms. The highest BCUT2D eigenvalue weighted by atomic mass is 19.3. The van der Waals surface area contributed by atoms with E-state index < -0.39 is 12.6 Å². The van der Waals surface area contributed by atoms with Gasteiger partial charge in [-0.15, -0.1) is 0 Å². The number of aliphatic carboxylic acids is 1. The molecule has 0 unspecified atom stereocenters. The van der Waals surface area contributed by atoms with Crippen molar-refractivity contribution in [2.45, 2.75) is 44.8 Å². The van der Waals surface area contributed by atoms with Crippen LogP contribution in [0.5, 0.6) is 0 Å². The molecule has 0 aromatic carbocycles. The first-order chi connectivity index (χ1) is 9.49. The lowest BCUT2D eigenvalue weighted by Crippen LogP contribution is -2.44. The van der Waals surface area contributed by atoms with Crippen LogP contribution in [-0.2, 0) is 9.53 Å². The standard InChI is InChI=1S/C12H20F2N2O4/c13-11(14)20-7-1-6-15-12(19)16-9-4-2-8(3-5-9)10(17)18/h8-9,11H,1-7H2,(H,17,18)(H2,15,16,19). The number of alkyl halides is 2. The van der Waals surface area contributed by atoms with E-state index in [0.29, 0.717) is 32.1 Å². The van der Waals surface area contributed by atoms with Gasteiger partial charge in [0.15, 0.2) is 0 Å². The van der Waals surface area contributed by atoms with E-state index in [1.165, 1.54) is 0 Å². The van der Waals surface area contributed by atoms with Crippen molar-refractivity contribution < 1.29 is 28.2 Å². The van der Waals surface area contributed by atoms with Crippen LogP contribution in [0.4, 0.5) is 13.6 Å². The fourth-order valence-corrected chi connectivity index (χ4v) is 2.17. The summed E-state index contributed by atoms with van der Waals surface area (Å²) < 4.78 is 27.4. The Labute approximate surface area is 115 Å². The van der Waals surface area contributed by atoms with Crippen LogP contribution in [0.3, 0.4) is 0 Å². The summed E-state index contributed by atoms with van der Waals surface area (Å²) in [5, 5.41) is 14.1. The summed E-state index contributed by atoms with van der Waals surface area (Å²) in [5.41, 5.74) is 0. The Balaban J connectivity index is 2.07. The first-order valence-corrected chi connectivity index (χ1v) is 6.66. The van der Waals surface area contributed by atoms with E-state index in [-0.39, 0.29) is 31.1 Å². The number of nitrogens with one attached hydrogen (secondary N) is 2. The maximum Gasteiger partial charge on any atom is 0.345 e. The molecule has 0 atom stereocenters. The molecule has 20 heavy (non-hydrogen) atoms. The lowest BCUT2D eigenvalue weighted by atomic mass is 9.86. The van der Waals surface area contributed by atoms with Gasteiger partial charge in [0.1, 0.15) is 0 Å². The van der Waals surface area contributed by atoms with Crippen molar-refractivity contribution in [2.75, 3.05) is 13.2 Å². The topological polar surface area (TPSA) is 87.7 Å². The minimum atomic E-state index is -2.78. The van der Waals surface area contributed by atoms with Gasteiger partial charge >= 0.3 is 18.6 Å². The largest absolute Gasteiger partial charge is 0.481 e. The zero-order valence-electron chi connectivity index (χ0n) is 11.1. The third kappa shape index (κ3) is 6.65. The van der Waals surface area contributed by atoms with Gasteiger partial charge in [-0.1, -0.05) is 0 Å². The minimum Gasteiger partial charge on any atom is -0.481 e. The van der Waals surface area contributed by atoms with Crippen LogP contribution in [0.2, 0.25) is 0 Å². The van der Waals surface area contributed by atoms with Crippen molar-refractivity contribution in [3.63, 3.8) is 0 Å². The molecule has 6 nitrogen and oxygen atoms in total. The zero-order valence-corrected chi connectivity index (χ0v) is 11.1. The Hall–Kier alpha value is -1.44. The number of carbonyl (C=O) groups excluding carboxylic acids is 1. The van der Waals surface area contributed by atoms with Gasteiger partial charge in [0.25, 0.3) is 0 Å². The molecular formula is C12H20F2N2O4. The van der Waals surface area contributed by atoms with Crippen LogP contribution in [0.25, 0.3) is 0 Å². The third-order valence-electron chi connectivity index (χ3n) is 3.26. The summed E-state index contributed by atoms with van der Waals surface area (Å²) in [4.78, 5) is 22.3. The Morgan fingerprint density at radius 1 is 1.25 bits per heavy atom. The van der Waals surface area contributed by atoms with Gasteiger partial charge in [-0.2, -0.15) is 8.78 Å². The van der Waals surface area contributed by atoms with Crippen molar-refractivity contribution in [1.82, 2.24) is 10.6 Å². The zero-order chi connectivity index (χ0) is 15.0. The Kier molecular flexibility index (Phi) is 7.21. The highest BCUT2D eigenvalue weighted by Gasteiger charge is 2.26. The van der Waals surface area contributed by atoms with Crippen molar-refractivity contribution in [3.8, 4) is 0 Å². The number of halogens is 2. The first kappa shape index (κ1) is 16.6. The number of urea groups is 1. The average molecular weight is 294 g/mol. The molecular weight excluding hydrogens is 274 g/mol. The van der Waals surface area contributed by atoms with Crippen LogP contribution in [0.1, 0.15) is 32.1 Å². The fraction of sp³-hybridized carbons (Fsp3) is 0.833. The van der Waals surface area contributed by atoms with Crippen molar-refractivity contribution in [3.05, 3.63) is 0 Å². The van der Waals surface area contributed by atoms with Crippen molar-refractivity contribution in [1.29, 1.82) is 0 Å². The highest BCUT2D eigenvalue weighted by molar-refractivity contribution is 5.74. The minimum absolute atomic E-state index is 0.0251. The molecule has 1 aliphatic rings. The van der Waals surface area contributed by atoms with Crippen LogP contribution >= 0.6 is 0 Å². The Bertz CT molecular complexity index is 321. The van der Waals surface area contributed by atoms with Gasteiger partial charge in [-0.25, -0.2) is 4.79 Å². The highest BCUT2D eigenvalue weighted by Crippen LogP contribution is 2.24. The molecule has 0 spiro atoms. The van der Waals surface area contributed by atoms with E-state index in [9.17, 15) is 18.4 Å². The smallest absolute Gasteiger partial charge is 0.345 e. The summed E-state index contributed by atoms with van der Waals surface area (Å²) >= 11 is 0. The van der Waals surface area contributed by atoms with Gasteiger partial charge in [0, 0.05) is 12.6 Å². The fourth-order valence-electron chi connectivity index (χ4n) is 2.17. The van der Waals surface area contributed by atoms with Crippen molar-refractivity contribution >= 4 is 12.0 Å². The number of carboxylic acids is 1. The van der Waals surface area contributed by atoms with Crippen molar-refractivity contribution in [2.24, 2.45) is 5.92 Å². The van der Waals surface area contributed by atoms with E-state index in [2.05, 4.69) is 15.4 Å². The Morgan fingerprint density at radius 3 is 2.45 bits per heavy atom. The van der Waals surface area contributed by atoms with Crippen LogP contribution in [0, 0.1) is 5.92 Å². The molecule has 2 amide bonds. The Morgan fingerprint density at radius 2 is 1.90 bits per heavy atom. The van der Waals surface area contributed by atoms with Crippen LogP contribution in [0.15, 0.2) is 0 Å². The average Bonchev–Trinajstić information content (AvgIpc) is 2.38. The molecule has 0 bridgehead atoms. The van der Waals surface area contributed by atoms with E-state index in [1.807, 2.05) is 0 Å². The lowest BCUT2D eigenvalue weighted by molar-refractivity contribution is -0.142. The monoisotopic (exact) mass is 294 g/mol. The molecule has 1 rings (SSSR count). The number of amides is 2. The molecule has 0 aromatic heterocycles. The quantitative estimate of drug-likeness (QED) is 0.622. The molecule has 0 radical (unpaired) electrons. The summed E-state index contributed by atoms with van der Waals surface area (Å²) in [6, 6.07) is -0.385. The maximum absolute atomic E-state index is 11.7. The summed E-state index contributed by atoms with van der Waals surface area (Å²) in [6.07, 6.45) is 2.70. The summed E-state index contributed by atoms with van der Waals surface area (Å²) in [7, 11) is 0. The molecule has 1 fully saturated rings. The summed E-state index contributed by atoms with van der Waals surface area (Å²) in [6.45, 7) is -2.64. The second-order valence-corrected chi connectivity index (χ2v) is 4.77.